The second kappa shape index (κ2) is 7.62. The van der Waals surface area contributed by atoms with Crippen molar-refractivity contribution < 1.29 is 9.59 Å². The molecule has 2 amide bonds. The Morgan fingerprint density at radius 2 is 1.48 bits per heavy atom. The highest BCUT2D eigenvalue weighted by Gasteiger charge is 2.11. The van der Waals surface area contributed by atoms with Gasteiger partial charge in [0, 0.05) is 20.9 Å². The second-order valence-electron chi connectivity index (χ2n) is 5.20. The number of aryl methyl sites for hydroxylation is 2. The number of benzene rings is 2. The van der Waals surface area contributed by atoms with Gasteiger partial charge < -0.3 is 10.6 Å². The summed E-state index contributed by atoms with van der Waals surface area (Å²) < 4.78 is 0.897. The van der Waals surface area contributed by atoms with Gasteiger partial charge in [0.25, 0.3) is 0 Å². The van der Waals surface area contributed by atoms with E-state index in [-0.39, 0.29) is 12.3 Å². The number of hydrogen-bond donors (Lipinski definition) is 2. The fourth-order valence-electron chi connectivity index (χ4n) is 1.90. The zero-order valence-electron chi connectivity index (χ0n) is 12.7. The molecule has 2 rings (SSSR count). The highest BCUT2D eigenvalue weighted by molar-refractivity contribution is 9.10. The van der Waals surface area contributed by atoms with Gasteiger partial charge in [-0.3, -0.25) is 9.59 Å². The lowest BCUT2D eigenvalue weighted by atomic mass is 10.2. The molecule has 0 saturated heterocycles. The molecule has 0 aliphatic carbocycles. The van der Waals surface area contributed by atoms with Gasteiger partial charge in [-0.2, -0.15) is 0 Å². The predicted octanol–water partition coefficient (Wildman–Crippen LogP) is 4.69. The first-order valence-corrected chi connectivity index (χ1v) is 8.14. The minimum Gasteiger partial charge on any atom is -0.326 e. The van der Waals surface area contributed by atoms with Crippen LogP contribution in [0.15, 0.2) is 40.9 Å². The van der Waals surface area contributed by atoms with Gasteiger partial charge in [-0.05, 0) is 49.2 Å². The Morgan fingerprint density at radius 1 is 0.957 bits per heavy atom. The van der Waals surface area contributed by atoms with E-state index in [2.05, 4.69) is 26.6 Å². The van der Waals surface area contributed by atoms with Crippen molar-refractivity contribution in [2.24, 2.45) is 0 Å². The number of amides is 2. The predicted molar refractivity (Wildman–Crippen MR) is 96.9 cm³/mol. The van der Waals surface area contributed by atoms with Gasteiger partial charge in [0.2, 0.25) is 11.8 Å². The standard InChI is InChI=1S/C17H16BrClN2O2/c1-10-3-5-12(7-14(10)18)20-16(22)9-17(23)21-13-6-4-11(2)15(19)8-13/h3-8H,9H2,1-2H3,(H,20,22)(H,21,23). The Balaban J connectivity index is 1.92. The molecule has 2 N–H and O–H groups in total. The van der Waals surface area contributed by atoms with Crippen molar-refractivity contribution in [2.45, 2.75) is 20.3 Å². The zero-order chi connectivity index (χ0) is 17.0. The number of carbonyl (C=O) groups excluding carboxylic acids is 2. The summed E-state index contributed by atoms with van der Waals surface area (Å²) >= 11 is 9.40. The summed E-state index contributed by atoms with van der Waals surface area (Å²) in [5.74, 6) is -0.773. The topological polar surface area (TPSA) is 58.2 Å². The van der Waals surface area contributed by atoms with E-state index in [1.54, 1.807) is 24.3 Å². The van der Waals surface area contributed by atoms with Crippen molar-refractivity contribution in [3.8, 4) is 0 Å². The van der Waals surface area contributed by atoms with Crippen molar-refractivity contribution in [1.29, 1.82) is 0 Å². The van der Waals surface area contributed by atoms with Gasteiger partial charge in [-0.1, -0.05) is 39.7 Å². The minimum atomic E-state index is -0.395. The molecular weight excluding hydrogens is 380 g/mol. The Bertz CT molecular complexity index is 699. The van der Waals surface area contributed by atoms with Crippen LogP contribution < -0.4 is 10.6 Å². The molecule has 0 heterocycles. The lowest BCUT2D eigenvalue weighted by Crippen LogP contribution is -2.21. The van der Waals surface area contributed by atoms with Crippen molar-refractivity contribution in [3.05, 3.63) is 57.0 Å². The van der Waals surface area contributed by atoms with Crippen LogP contribution in [-0.2, 0) is 9.59 Å². The number of hydrogen-bond acceptors (Lipinski definition) is 2. The molecular formula is C17H16BrClN2O2. The summed E-state index contributed by atoms with van der Waals surface area (Å²) in [6.07, 6.45) is -0.267. The molecule has 0 saturated carbocycles. The molecule has 0 unspecified atom stereocenters. The number of nitrogens with one attached hydrogen (secondary N) is 2. The summed E-state index contributed by atoms with van der Waals surface area (Å²) in [6.45, 7) is 3.83. The molecule has 2 aromatic carbocycles. The Kier molecular flexibility index (Phi) is 5.80. The van der Waals surface area contributed by atoms with Gasteiger partial charge in [0.15, 0.2) is 0 Å². The monoisotopic (exact) mass is 394 g/mol. The number of rotatable bonds is 4. The number of halogens is 2. The third-order valence-electron chi connectivity index (χ3n) is 3.23. The fraction of sp³-hybridized carbons (Fsp3) is 0.176. The van der Waals surface area contributed by atoms with Crippen LogP contribution in [0.2, 0.25) is 5.02 Å². The third-order valence-corrected chi connectivity index (χ3v) is 4.49. The number of carbonyl (C=O) groups is 2. The van der Waals surface area contributed by atoms with E-state index in [0.717, 1.165) is 15.6 Å². The molecule has 4 nitrogen and oxygen atoms in total. The normalized spacial score (nSPS) is 10.3. The van der Waals surface area contributed by atoms with Crippen molar-refractivity contribution in [1.82, 2.24) is 0 Å². The molecule has 0 radical (unpaired) electrons. The summed E-state index contributed by atoms with van der Waals surface area (Å²) in [7, 11) is 0. The van der Waals surface area contributed by atoms with Gasteiger partial charge >= 0.3 is 0 Å². The SMILES string of the molecule is Cc1ccc(NC(=O)CC(=O)Nc2ccc(C)c(Br)c2)cc1Cl. The van der Waals surface area contributed by atoms with Crippen molar-refractivity contribution in [3.63, 3.8) is 0 Å². The Hall–Kier alpha value is -1.85. The molecule has 120 valence electrons. The van der Waals surface area contributed by atoms with E-state index >= 15 is 0 Å². The minimum absolute atomic E-state index is 0.267. The fourth-order valence-corrected chi connectivity index (χ4v) is 2.46. The smallest absolute Gasteiger partial charge is 0.233 e. The quantitative estimate of drug-likeness (QED) is 0.738. The van der Waals surface area contributed by atoms with Crippen molar-refractivity contribution in [2.75, 3.05) is 10.6 Å². The van der Waals surface area contributed by atoms with Crippen LogP contribution in [0.25, 0.3) is 0 Å². The van der Waals surface area contributed by atoms with Crippen LogP contribution in [0.1, 0.15) is 17.5 Å². The second-order valence-corrected chi connectivity index (χ2v) is 6.46. The summed E-state index contributed by atoms with van der Waals surface area (Å²) in [6, 6.07) is 10.7. The molecule has 0 bridgehead atoms. The lowest BCUT2D eigenvalue weighted by molar-refractivity contribution is -0.123. The van der Waals surface area contributed by atoms with Gasteiger partial charge in [-0.15, -0.1) is 0 Å². The van der Waals surface area contributed by atoms with Crippen LogP contribution in [-0.4, -0.2) is 11.8 Å². The van der Waals surface area contributed by atoms with Crippen LogP contribution in [0, 0.1) is 13.8 Å². The van der Waals surface area contributed by atoms with E-state index in [9.17, 15) is 9.59 Å². The van der Waals surface area contributed by atoms with Gasteiger partial charge in [0.05, 0.1) is 0 Å². The van der Waals surface area contributed by atoms with E-state index in [1.165, 1.54) is 0 Å². The molecule has 0 atom stereocenters. The molecule has 0 aliphatic heterocycles. The Labute approximate surface area is 148 Å². The maximum absolute atomic E-state index is 11.9. The van der Waals surface area contributed by atoms with Crippen LogP contribution in [0.4, 0.5) is 11.4 Å². The van der Waals surface area contributed by atoms with E-state index in [0.29, 0.717) is 16.4 Å². The highest BCUT2D eigenvalue weighted by atomic mass is 79.9. The largest absolute Gasteiger partial charge is 0.326 e. The molecule has 23 heavy (non-hydrogen) atoms. The van der Waals surface area contributed by atoms with E-state index < -0.39 is 5.91 Å². The summed E-state index contributed by atoms with van der Waals surface area (Å²) in [5, 5.41) is 5.91. The summed E-state index contributed by atoms with van der Waals surface area (Å²) in [5.41, 5.74) is 3.19. The molecule has 0 aliphatic rings. The van der Waals surface area contributed by atoms with E-state index in [4.69, 9.17) is 11.6 Å². The molecule has 0 aromatic heterocycles. The van der Waals surface area contributed by atoms with E-state index in [1.807, 2.05) is 26.0 Å². The van der Waals surface area contributed by atoms with Crippen molar-refractivity contribution >= 4 is 50.7 Å². The van der Waals surface area contributed by atoms with Gasteiger partial charge in [-0.25, -0.2) is 0 Å². The first kappa shape index (κ1) is 17.5. The average molecular weight is 396 g/mol. The molecule has 2 aromatic rings. The first-order chi connectivity index (χ1) is 10.8. The molecule has 0 spiro atoms. The first-order valence-electron chi connectivity index (χ1n) is 6.97. The number of anilines is 2. The lowest BCUT2D eigenvalue weighted by Gasteiger charge is -2.08. The average Bonchev–Trinajstić information content (AvgIpc) is 2.46. The zero-order valence-corrected chi connectivity index (χ0v) is 15.1. The Morgan fingerprint density at radius 3 is 2.00 bits per heavy atom. The van der Waals surface area contributed by atoms with Crippen LogP contribution in [0.3, 0.4) is 0 Å². The molecule has 0 fully saturated rings. The maximum Gasteiger partial charge on any atom is 0.233 e. The molecule has 6 heteroatoms. The van der Waals surface area contributed by atoms with Crippen LogP contribution in [0.5, 0.6) is 0 Å². The highest BCUT2D eigenvalue weighted by Crippen LogP contribution is 2.21. The summed E-state index contributed by atoms with van der Waals surface area (Å²) in [4.78, 5) is 23.8. The van der Waals surface area contributed by atoms with Gasteiger partial charge in [0.1, 0.15) is 6.42 Å². The van der Waals surface area contributed by atoms with Crippen LogP contribution >= 0.6 is 27.5 Å². The maximum atomic E-state index is 11.9. The third kappa shape index (κ3) is 5.08.